The van der Waals surface area contributed by atoms with E-state index < -0.39 is 6.10 Å². The Kier molecular flexibility index (Phi) is 58.8. The minimum atomic E-state index is -0.773. The molecule has 0 radical (unpaired) electrons. The van der Waals surface area contributed by atoms with Gasteiger partial charge in [0.05, 0.1) is 6.61 Å². The smallest absolute Gasteiger partial charge is 0.306 e. The van der Waals surface area contributed by atoms with Crippen molar-refractivity contribution in [1.29, 1.82) is 0 Å². The summed E-state index contributed by atoms with van der Waals surface area (Å²) in [5, 5.41) is 9.64. The summed E-state index contributed by atoms with van der Waals surface area (Å²) in [6, 6.07) is 0. The molecular weight excluding hydrogens is 861 g/mol. The SMILES string of the molecule is CC/C=C\C/C=C\C/C=C\C/C=C\CCCCCCCCCCCCCCCCCCCCCCCCCCCCCCC(=O)OC(CO)COC(=O)CCCCCCC/C=C\CCCCCCCC. The van der Waals surface area contributed by atoms with Gasteiger partial charge in [-0.3, -0.25) is 9.59 Å². The Morgan fingerprint density at radius 2 is 0.614 bits per heavy atom. The minimum absolute atomic E-state index is 0.0661. The Labute approximate surface area is 436 Å². The number of hydrogen-bond donors (Lipinski definition) is 1. The molecule has 0 aliphatic heterocycles. The molecule has 0 aromatic carbocycles. The van der Waals surface area contributed by atoms with Gasteiger partial charge in [-0.15, -0.1) is 0 Å². The van der Waals surface area contributed by atoms with Crippen molar-refractivity contribution in [2.24, 2.45) is 0 Å². The molecule has 0 saturated carbocycles. The van der Waals surface area contributed by atoms with Gasteiger partial charge >= 0.3 is 11.9 Å². The quantitative estimate of drug-likeness (QED) is 0.0373. The summed E-state index contributed by atoms with van der Waals surface area (Å²) >= 11 is 0. The maximum absolute atomic E-state index is 12.3. The number of rotatable bonds is 57. The van der Waals surface area contributed by atoms with E-state index in [0.29, 0.717) is 12.8 Å². The van der Waals surface area contributed by atoms with Crippen LogP contribution < -0.4 is 0 Å². The topological polar surface area (TPSA) is 72.8 Å². The summed E-state index contributed by atoms with van der Waals surface area (Å²) in [4.78, 5) is 24.5. The molecule has 408 valence electrons. The number of ether oxygens (including phenoxy) is 2. The molecule has 0 heterocycles. The van der Waals surface area contributed by atoms with Gasteiger partial charge in [0.25, 0.3) is 0 Å². The van der Waals surface area contributed by atoms with E-state index in [1.807, 2.05) is 0 Å². The van der Waals surface area contributed by atoms with E-state index in [0.717, 1.165) is 70.6 Å². The number of esters is 2. The second-order valence-corrected chi connectivity index (χ2v) is 20.8. The van der Waals surface area contributed by atoms with Gasteiger partial charge in [-0.25, -0.2) is 0 Å². The summed E-state index contributed by atoms with van der Waals surface area (Å²) in [5.74, 6) is -0.585. The Morgan fingerprint density at radius 3 is 0.943 bits per heavy atom. The van der Waals surface area contributed by atoms with Crippen LogP contribution in [0.1, 0.15) is 322 Å². The van der Waals surface area contributed by atoms with E-state index in [4.69, 9.17) is 9.47 Å². The fourth-order valence-electron chi connectivity index (χ4n) is 9.19. The van der Waals surface area contributed by atoms with Gasteiger partial charge in [0.2, 0.25) is 0 Å². The van der Waals surface area contributed by atoms with Crippen molar-refractivity contribution < 1.29 is 24.2 Å². The predicted octanol–water partition coefficient (Wildman–Crippen LogP) is 21.0. The predicted molar refractivity (Wildman–Crippen MR) is 307 cm³/mol. The molecule has 5 heteroatoms. The number of allylic oxidation sites excluding steroid dienone is 10. The van der Waals surface area contributed by atoms with E-state index in [9.17, 15) is 14.7 Å². The molecule has 0 saturated heterocycles. The van der Waals surface area contributed by atoms with Crippen molar-refractivity contribution in [3.05, 3.63) is 60.8 Å². The fourth-order valence-corrected chi connectivity index (χ4v) is 9.19. The van der Waals surface area contributed by atoms with E-state index in [2.05, 4.69) is 74.6 Å². The first-order valence-corrected chi connectivity index (χ1v) is 30.8. The van der Waals surface area contributed by atoms with Crippen LogP contribution in [0.2, 0.25) is 0 Å². The standard InChI is InChI=1S/C65H118O5/c1-3-5-7-9-11-13-15-17-19-20-21-22-23-24-25-26-27-28-29-30-31-32-33-34-35-36-37-38-39-40-41-42-43-44-46-48-50-52-54-56-58-60-65(68)70-63(61-66)62-69-64(67)59-57-55-53-51-49-47-45-18-16-14-12-10-8-6-4-2/h5,7,11,13,17-19,21-22,45,63,66H,3-4,6,8-10,12,14-16,20,23-44,46-62H2,1-2H3/b7-5-,13-11-,19-17-,22-21-,45-18-. The molecule has 0 spiro atoms. The largest absolute Gasteiger partial charge is 0.462 e. The molecule has 70 heavy (non-hydrogen) atoms. The highest BCUT2D eigenvalue weighted by Crippen LogP contribution is 2.18. The molecule has 0 aliphatic rings. The van der Waals surface area contributed by atoms with Crippen molar-refractivity contribution in [1.82, 2.24) is 0 Å². The molecule has 1 unspecified atom stereocenters. The lowest BCUT2D eigenvalue weighted by atomic mass is 10.0. The molecule has 1 N–H and O–H groups in total. The van der Waals surface area contributed by atoms with Gasteiger partial charge in [-0.1, -0.05) is 293 Å². The lowest BCUT2D eigenvalue weighted by Crippen LogP contribution is -2.28. The van der Waals surface area contributed by atoms with Crippen LogP contribution in [0.15, 0.2) is 60.8 Å². The van der Waals surface area contributed by atoms with Crippen molar-refractivity contribution >= 4 is 11.9 Å². The van der Waals surface area contributed by atoms with Gasteiger partial charge < -0.3 is 14.6 Å². The maximum Gasteiger partial charge on any atom is 0.306 e. The van der Waals surface area contributed by atoms with Gasteiger partial charge in [-0.05, 0) is 77.0 Å². The van der Waals surface area contributed by atoms with Gasteiger partial charge in [0.15, 0.2) is 6.10 Å². The van der Waals surface area contributed by atoms with Crippen LogP contribution in [0.25, 0.3) is 0 Å². The van der Waals surface area contributed by atoms with Crippen LogP contribution in [0, 0.1) is 0 Å². The monoisotopic (exact) mass is 979 g/mol. The molecule has 0 aliphatic carbocycles. The normalized spacial score (nSPS) is 12.6. The summed E-state index contributed by atoms with van der Waals surface area (Å²) in [6.45, 7) is 4.05. The first kappa shape index (κ1) is 67.6. The zero-order valence-electron chi connectivity index (χ0n) is 46.8. The van der Waals surface area contributed by atoms with Crippen LogP contribution in [0.4, 0.5) is 0 Å². The number of aliphatic hydroxyl groups is 1. The van der Waals surface area contributed by atoms with E-state index >= 15 is 0 Å². The average molecular weight is 980 g/mol. The fraction of sp³-hybridized carbons (Fsp3) is 0.815. The molecule has 1 atom stereocenters. The number of aliphatic hydroxyl groups excluding tert-OH is 1. The number of carbonyl (C=O) groups is 2. The third kappa shape index (κ3) is 58.2. The highest BCUT2D eigenvalue weighted by molar-refractivity contribution is 5.70. The zero-order chi connectivity index (χ0) is 50.6. The first-order chi connectivity index (χ1) is 34.6. The van der Waals surface area contributed by atoms with E-state index in [1.54, 1.807) is 0 Å². The maximum atomic E-state index is 12.3. The third-order valence-corrected chi connectivity index (χ3v) is 13.8. The Hall–Kier alpha value is -2.40. The minimum Gasteiger partial charge on any atom is -0.462 e. The van der Waals surface area contributed by atoms with Crippen molar-refractivity contribution in [2.45, 2.75) is 328 Å². The number of carbonyl (C=O) groups excluding carboxylic acids is 2. The summed E-state index contributed by atoms with van der Waals surface area (Å²) in [5.41, 5.74) is 0. The van der Waals surface area contributed by atoms with Crippen LogP contribution in [-0.4, -0.2) is 36.4 Å². The van der Waals surface area contributed by atoms with E-state index in [1.165, 1.54) is 225 Å². The lowest BCUT2D eigenvalue weighted by molar-refractivity contribution is -0.161. The molecule has 0 aromatic heterocycles. The van der Waals surface area contributed by atoms with Crippen LogP contribution in [0.3, 0.4) is 0 Å². The highest BCUT2D eigenvalue weighted by atomic mass is 16.6. The molecule has 0 fully saturated rings. The molecule has 0 aromatic rings. The van der Waals surface area contributed by atoms with E-state index in [-0.39, 0.29) is 25.2 Å². The van der Waals surface area contributed by atoms with Crippen LogP contribution in [0.5, 0.6) is 0 Å². The van der Waals surface area contributed by atoms with Gasteiger partial charge in [-0.2, -0.15) is 0 Å². The third-order valence-electron chi connectivity index (χ3n) is 13.8. The Balaban J connectivity index is 3.37. The van der Waals surface area contributed by atoms with Gasteiger partial charge in [0.1, 0.15) is 6.61 Å². The number of unbranched alkanes of at least 4 members (excludes halogenated alkanes) is 39. The van der Waals surface area contributed by atoms with Crippen LogP contribution in [-0.2, 0) is 19.1 Å². The summed E-state index contributed by atoms with van der Waals surface area (Å²) in [7, 11) is 0. The van der Waals surface area contributed by atoms with Crippen LogP contribution >= 0.6 is 0 Å². The highest BCUT2D eigenvalue weighted by Gasteiger charge is 2.16. The summed E-state index contributed by atoms with van der Waals surface area (Å²) < 4.78 is 10.7. The first-order valence-electron chi connectivity index (χ1n) is 30.8. The molecule has 0 bridgehead atoms. The molecule has 0 amide bonds. The number of hydrogen-bond acceptors (Lipinski definition) is 5. The van der Waals surface area contributed by atoms with Gasteiger partial charge in [0, 0.05) is 12.8 Å². The molecule has 0 rings (SSSR count). The molecule has 5 nitrogen and oxygen atoms in total. The molecular formula is C65H118O5. The Morgan fingerprint density at radius 1 is 0.343 bits per heavy atom. The average Bonchev–Trinajstić information content (AvgIpc) is 3.36. The van der Waals surface area contributed by atoms with Crippen molar-refractivity contribution in [2.75, 3.05) is 13.2 Å². The zero-order valence-corrected chi connectivity index (χ0v) is 46.8. The Bertz CT molecular complexity index is 1200. The second-order valence-electron chi connectivity index (χ2n) is 20.8. The van der Waals surface area contributed by atoms with Crippen molar-refractivity contribution in [3.63, 3.8) is 0 Å². The van der Waals surface area contributed by atoms with Crippen molar-refractivity contribution in [3.8, 4) is 0 Å². The summed E-state index contributed by atoms with van der Waals surface area (Å²) in [6.07, 6.45) is 82.4. The second kappa shape index (κ2) is 60.9. The lowest BCUT2D eigenvalue weighted by Gasteiger charge is -2.15.